The first kappa shape index (κ1) is 8.49. The molecule has 1 N–H and O–H groups in total. The highest BCUT2D eigenvalue weighted by atomic mass is 79.9. The lowest BCUT2D eigenvalue weighted by molar-refractivity contribution is 0.468. The summed E-state index contributed by atoms with van der Waals surface area (Å²) >= 11 is 7.79. The minimum Gasteiger partial charge on any atom is -0.505 e. The van der Waals surface area contributed by atoms with E-state index in [4.69, 9.17) is 0 Å². The van der Waals surface area contributed by atoms with Crippen molar-refractivity contribution in [1.82, 2.24) is 4.37 Å². The number of hydrogen-bond donors (Lipinski definition) is 1. The summed E-state index contributed by atoms with van der Waals surface area (Å²) in [5, 5.41) is 9.30. The molecule has 1 rings (SSSR count). The Balaban J connectivity index is 3.05. The molecule has 0 fully saturated rings. The molecule has 0 aliphatic heterocycles. The number of aromatic hydroxyl groups is 1. The van der Waals surface area contributed by atoms with Gasteiger partial charge in [-0.2, -0.15) is 4.37 Å². The molecule has 0 aliphatic carbocycles. The lowest BCUT2D eigenvalue weighted by atomic mass is 10.4. The fourth-order valence-electron chi connectivity index (χ4n) is 0.528. The lowest BCUT2D eigenvalue weighted by Gasteiger charge is -1.95. The molecule has 1 heterocycles. The fourth-order valence-corrected chi connectivity index (χ4v) is 2.06. The highest BCUT2D eigenvalue weighted by molar-refractivity contribution is 9.24. The lowest BCUT2D eigenvalue weighted by Crippen LogP contribution is -1.78. The summed E-state index contributed by atoms with van der Waals surface area (Å²) in [7, 11) is 0. The third kappa shape index (κ3) is 1.52. The Morgan fingerprint density at radius 3 is 2.40 bits per heavy atom. The average molecular weight is 287 g/mol. The second-order valence-corrected chi connectivity index (χ2v) is 5.81. The van der Waals surface area contributed by atoms with E-state index in [0.717, 1.165) is 4.88 Å². The van der Waals surface area contributed by atoms with Gasteiger partial charge in [0.15, 0.2) is 5.75 Å². The van der Waals surface area contributed by atoms with E-state index in [2.05, 4.69) is 36.2 Å². The Morgan fingerprint density at radius 2 is 2.20 bits per heavy atom. The molecule has 0 saturated carbocycles. The Bertz CT molecular complexity index is 236. The summed E-state index contributed by atoms with van der Waals surface area (Å²) in [5.41, 5.74) is 0.655. The van der Waals surface area contributed by atoms with Crippen molar-refractivity contribution in [2.24, 2.45) is 0 Å². The van der Waals surface area contributed by atoms with E-state index in [1.54, 1.807) is 0 Å². The summed E-state index contributed by atoms with van der Waals surface area (Å²) in [5.74, 6) is 0.281. The van der Waals surface area contributed by atoms with Gasteiger partial charge in [0.05, 0.1) is 4.88 Å². The maximum Gasteiger partial charge on any atom is 0.154 e. The van der Waals surface area contributed by atoms with Crippen molar-refractivity contribution in [3.05, 3.63) is 10.6 Å². The number of hydrogen-bond acceptors (Lipinski definition) is 3. The van der Waals surface area contributed by atoms with Crippen LogP contribution >= 0.6 is 43.4 Å². The largest absolute Gasteiger partial charge is 0.505 e. The fraction of sp³-hybridized carbons (Fsp3) is 0.400. The average Bonchev–Trinajstić information content (AvgIpc) is 2.14. The molecule has 0 spiro atoms. The van der Waals surface area contributed by atoms with E-state index in [9.17, 15) is 5.11 Å². The van der Waals surface area contributed by atoms with Gasteiger partial charge in [-0.05, 0) is 18.5 Å². The van der Waals surface area contributed by atoms with Crippen molar-refractivity contribution in [3.63, 3.8) is 0 Å². The van der Waals surface area contributed by atoms with Crippen LogP contribution in [0.4, 0.5) is 0 Å². The molecule has 0 bridgehead atoms. The Kier molecular flexibility index (Phi) is 2.71. The van der Waals surface area contributed by atoms with Crippen LogP contribution in [0.5, 0.6) is 5.75 Å². The maximum absolute atomic E-state index is 9.30. The van der Waals surface area contributed by atoms with Gasteiger partial charge in [-0.3, -0.25) is 0 Å². The number of nitrogens with zero attached hydrogens (tertiary/aromatic N) is 1. The molecule has 10 heavy (non-hydrogen) atoms. The molecule has 0 aromatic carbocycles. The summed E-state index contributed by atoms with van der Waals surface area (Å²) in [6, 6.07) is 0. The first-order valence-electron chi connectivity index (χ1n) is 2.56. The summed E-state index contributed by atoms with van der Waals surface area (Å²) in [6.45, 7) is 1.83. The van der Waals surface area contributed by atoms with E-state index >= 15 is 0 Å². The van der Waals surface area contributed by atoms with Gasteiger partial charge in [0.25, 0.3) is 0 Å². The van der Waals surface area contributed by atoms with Crippen LogP contribution < -0.4 is 0 Å². The van der Waals surface area contributed by atoms with E-state index in [1.165, 1.54) is 11.5 Å². The van der Waals surface area contributed by atoms with Gasteiger partial charge in [0, 0.05) is 0 Å². The number of alkyl halides is 2. The Hall–Kier alpha value is 0.390. The molecule has 5 heteroatoms. The third-order valence-corrected chi connectivity index (χ3v) is 2.69. The van der Waals surface area contributed by atoms with Gasteiger partial charge >= 0.3 is 0 Å². The highest BCUT2D eigenvalue weighted by Crippen LogP contribution is 2.37. The monoisotopic (exact) mass is 285 g/mol. The van der Waals surface area contributed by atoms with Crippen LogP contribution in [0.15, 0.2) is 0 Å². The zero-order valence-corrected chi connectivity index (χ0v) is 9.12. The van der Waals surface area contributed by atoms with Crippen LogP contribution in [-0.2, 0) is 0 Å². The minimum absolute atomic E-state index is 0.0510. The molecular weight excluding hydrogens is 282 g/mol. The Labute approximate surface area is 79.7 Å². The van der Waals surface area contributed by atoms with E-state index < -0.39 is 0 Å². The van der Waals surface area contributed by atoms with Gasteiger partial charge in [-0.25, -0.2) is 0 Å². The second kappa shape index (κ2) is 3.19. The molecular formula is C5H5Br2NOS. The summed E-state index contributed by atoms with van der Waals surface area (Å²) in [4.78, 5) is 0.846. The molecule has 1 aromatic heterocycles. The summed E-state index contributed by atoms with van der Waals surface area (Å²) < 4.78 is 3.96. The molecule has 0 aliphatic rings. The van der Waals surface area contributed by atoms with Crippen molar-refractivity contribution in [1.29, 1.82) is 0 Å². The quantitative estimate of drug-likeness (QED) is 0.805. The van der Waals surface area contributed by atoms with E-state index in [-0.39, 0.29) is 9.49 Å². The zero-order valence-electron chi connectivity index (χ0n) is 5.14. The van der Waals surface area contributed by atoms with Crippen LogP contribution in [0.3, 0.4) is 0 Å². The third-order valence-electron chi connectivity index (χ3n) is 1.06. The maximum atomic E-state index is 9.30. The predicted octanol–water partition coefficient (Wildman–Crippen LogP) is 2.95. The van der Waals surface area contributed by atoms with Crippen LogP contribution in [0.1, 0.15) is 14.3 Å². The molecule has 0 amide bonds. The molecule has 0 atom stereocenters. The highest BCUT2D eigenvalue weighted by Gasteiger charge is 2.14. The summed E-state index contributed by atoms with van der Waals surface area (Å²) in [6.07, 6.45) is 0. The number of aryl methyl sites for hydroxylation is 1. The molecule has 1 aromatic rings. The van der Waals surface area contributed by atoms with Crippen LogP contribution in [-0.4, -0.2) is 9.48 Å². The molecule has 0 unspecified atom stereocenters. The molecule has 0 saturated heterocycles. The van der Waals surface area contributed by atoms with Gasteiger partial charge in [0.2, 0.25) is 0 Å². The van der Waals surface area contributed by atoms with Crippen molar-refractivity contribution < 1.29 is 5.11 Å². The number of rotatable bonds is 1. The van der Waals surface area contributed by atoms with Gasteiger partial charge in [-0.15, -0.1) is 0 Å². The Morgan fingerprint density at radius 1 is 1.60 bits per heavy atom. The topological polar surface area (TPSA) is 33.1 Å². The van der Waals surface area contributed by atoms with Crippen molar-refractivity contribution in [2.75, 3.05) is 0 Å². The van der Waals surface area contributed by atoms with Crippen LogP contribution in [0.2, 0.25) is 0 Å². The first-order valence-corrected chi connectivity index (χ1v) is 5.16. The number of aromatic nitrogens is 1. The van der Waals surface area contributed by atoms with Crippen LogP contribution in [0, 0.1) is 6.92 Å². The second-order valence-electron chi connectivity index (χ2n) is 1.77. The van der Waals surface area contributed by atoms with Gasteiger partial charge in [0.1, 0.15) is 9.43 Å². The van der Waals surface area contributed by atoms with Crippen molar-refractivity contribution in [2.45, 2.75) is 10.7 Å². The normalized spacial score (nSPS) is 10.8. The van der Waals surface area contributed by atoms with Crippen molar-refractivity contribution >= 4 is 43.4 Å². The van der Waals surface area contributed by atoms with Crippen LogP contribution in [0.25, 0.3) is 0 Å². The molecule has 2 nitrogen and oxygen atoms in total. The van der Waals surface area contributed by atoms with E-state index in [0.29, 0.717) is 5.69 Å². The minimum atomic E-state index is -0.0510. The van der Waals surface area contributed by atoms with Gasteiger partial charge in [-0.1, -0.05) is 31.9 Å². The SMILES string of the molecule is Cc1snc(C(Br)Br)c1O. The molecule has 56 valence electrons. The molecule has 0 radical (unpaired) electrons. The standard InChI is InChI=1S/C5H5Br2NOS/c1-2-4(9)3(5(6)7)8-10-2/h5,9H,1H3. The number of halogens is 2. The van der Waals surface area contributed by atoms with Crippen molar-refractivity contribution in [3.8, 4) is 5.75 Å². The smallest absolute Gasteiger partial charge is 0.154 e. The first-order chi connectivity index (χ1) is 4.63. The predicted molar refractivity (Wildman–Crippen MR) is 49.1 cm³/mol. The van der Waals surface area contributed by atoms with Gasteiger partial charge < -0.3 is 5.11 Å². The van der Waals surface area contributed by atoms with E-state index in [1.807, 2.05) is 6.92 Å². The zero-order chi connectivity index (χ0) is 7.72.